The maximum Gasteiger partial charge on any atom is 0.137 e. The summed E-state index contributed by atoms with van der Waals surface area (Å²) >= 11 is 0. The molecule has 0 bridgehead atoms. The summed E-state index contributed by atoms with van der Waals surface area (Å²) in [4.78, 5) is 12.7. The third kappa shape index (κ3) is 7.56. The Hall–Kier alpha value is -6.61. The molecule has 4 nitrogen and oxygen atoms in total. The smallest absolute Gasteiger partial charge is 0.137 e. The van der Waals surface area contributed by atoms with Gasteiger partial charge in [-0.1, -0.05) is 179 Å². The SMILES string of the molecule is C[Si](C)(C)c1ccc(-c2cccc(N(c3ccc4c(-c5ccccc5)c(-c5ccccc5)n(-c5ccc([Si](C)(C)C)cn5)c4c3)c3ccccc3-c3ccccc3)c2)nc1. The Bertz CT molecular complexity index is 2910. The first kappa shape index (κ1) is 38.9. The average molecular weight is 811 g/mol. The van der Waals surface area contributed by atoms with Crippen molar-refractivity contribution in [1.82, 2.24) is 14.5 Å². The number of hydrogen-bond donors (Lipinski definition) is 0. The quantitative estimate of drug-likeness (QED) is 0.129. The van der Waals surface area contributed by atoms with E-state index >= 15 is 0 Å². The molecule has 0 atom stereocenters. The normalized spacial score (nSPS) is 11.8. The van der Waals surface area contributed by atoms with Crippen LogP contribution in [0.25, 0.3) is 61.5 Å². The second-order valence-corrected chi connectivity index (χ2v) is 27.8. The van der Waals surface area contributed by atoms with E-state index < -0.39 is 16.1 Å². The van der Waals surface area contributed by atoms with Crippen molar-refractivity contribution in [3.8, 4) is 50.6 Å². The van der Waals surface area contributed by atoms with Crippen LogP contribution in [0.5, 0.6) is 0 Å². The lowest BCUT2D eigenvalue weighted by atomic mass is 9.98. The topological polar surface area (TPSA) is 34.0 Å². The lowest BCUT2D eigenvalue weighted by molar-refractivity contribution is 1.05. The van der Waals surface area contributed by atoms with Crippen molar-refractivity contribution >= 4 is 54.5 Å². The van der Waals surface area contributed by atoms with E-state index in [2.05, 4.69) is 243 Å². The lowest BCUT2D eigenvalue weighted by Gasteiger charge is -2.28. The van der Waals surface area contributed by atoms with Crippen molar-refractivity contribution in [1.29, 1.82) is 0 Å². The van der Waals surface area contributed by atoms with Crippen molar-refractivity contribution < 1.29 is 0 Å². The zero-order valence-corrected chi connectivity index (χ0v) is 37.3. The molecule has 0 radical (unpaired) electrons. The highest BCUT2D eigenvalue weighted by Crippen LogP contribution is 2.47. The number of anilines is 3. The molecule has 3 aromatic heterocycles. The van der Waals surface area contributed by atoms with Crippen molar-refractivity contribution in [3.63, 3.8) is 0 Å². The summed E-state index contributed by atoms with van der Waals surface area (Å²) in [5.41, 5.74) is 13.2. The first-order chi connectivity index (χ1) is 29.0. The predicted octanol–water partition coefficient (Wildman–Crippen LogP) is 13.6. The third-order valence-electron chi connectivity index (χ3n) is 11.4. The van der Waals surface area contributed by atoms with Crippen LogP contribution in [0, 0.1) is 0 Å². The molecule has 0 unspecified atom stereocenters. The third-order valence-corrected chi connectivity index (χ3v) is 15.5. The minimum Gasteiger partial charge on any atom is -0.310 e. The van der Waals surface area contributed by atoms with Crippen molar-refractivity contribution in [2.75, 3.05) is 4.90 Å². The van der Waals surface area contributed by atoms with Gasteiger partial charge in [-0.25, -0.2) is 4.98 Å². The fraction of sp³-hybridized carbons (Fsp3) is 0.111. The molecule has 9 aromatic rings. The number of para-hydroxylation sites is 1. The van der Waals surface area contributed by atoms with Gasteiger partial charge in [0.15, 0.2) is 0 Å². The van der Waals surface area contributed by atoms with Gasteiger partial charge in [0.25, 0.3) is 0 Å². The predicted molar refractivity (Wildman–Crippen MR) is 261 cm³/mol. The first-order valence-electron chi connectivity index (χ1n) is 20.8. The zero-order valence-electron chi connectivity index (χ0n) is 35.3. The molecule has 0 fully saturated rings. The van der Waals surface area contributed by atoms with Crippen LogP contribution in [0.3, 0.4) is 0 Å². The first-order valence-corrected chi connectivity index (χ1v) is 27.8. The van der Waals surface area contributed by atoms with Crippen molar-refractivity contribution in [3.05, 3.63) is 194 Å². The van der Waals surface area contributed by atoms with E-state index in [-0.39, 0.29) is 0 Å². The van der Waals surface area contributed by atoms with Gasteiger partial charge < -0.3 is 4.90 Å². The maximum absolute atomic E-state index is 5.25. The molecular weight excluding hydrogens is 761 g/mol. The van der Waals surface area contributed by atoms with Crippen LogP contribution in [-0.2, 0) is 0 Å². The molecule has 0 saturated carbocycles. The number of nitrogens with zero attached hydrogens (tertiary/aromatic N) is 4. The van der Waals surface area contributed by atoms with Gasteiger partial charge in [0.2, 0.25) is 0 Å². The molecule has 0 aliphatic carbocycles. The number of hydrogen-bond acceptors (Lipinski definition) is 3. The fourth-order valence-corrected chi connectivity index (χ4v) is 10.2. The van der Waals surface area contributed by atoms with Crippen LogP contribution < -0.4 is 15.3 Å². The van der Waals surface area contributed by atoms with Gasteiger partial charge in [0, 0.05) is 45.8 Å². The van der Waals surface area contributed by atoms with E-state index in [9.17, 15) is 0 Å². The van der Waals surface area contributed by atoms with Gasteiger partial charge >= 0.3 is 0 Å². The van der Waals surface area contributed by atoms with E-state index in [1.54, 1.807) is 0 Å². The monoisotopic (exact) mass is 810 g/mol. The van der Waals surface area contributed by atoms with E-state index in [4.69, 9.17) is 9.97 Å². The summed E-state index contributed by atoms with van der Waals surface area (Å²) < 4.78 is 2.38. The Morgan fingerprint density at radius 2 is 1.02 bits per heavy atom. The molecule has 0 N–H and O–H groups in total. The Labute approximate surface area is 356 Å². The fourth-order valence-electron chi connectivity index (χ4n) is 8.15. The highest BCUT2D eigenvalue weighted by molar-refractivity contribution is 6.89. The summed E-state index contributed by atoms with van der Waals surface area (Å²) in [7, 11) is -3.09. The summed E-state index contributed by atoms with van der Waals surface area (Å²) in [6, 6.07) is 65.7. The van der Waals surface area contributed by atoms with E-state index in [0.717, 1.165) is 73.0 Å². The molecular formula is C54H50N4Si2. The second-order valence-electron chi connectivity index (χ2n) is 17.6. The van der Waals surface area contributed by atoms with Gasteiger partial charge in [-0.15, -0.1) is 0 Å². The highest BCUT2D eigenvalue weighted by atomic mass is 28.3. The molecule has 0 aliphatic rings. The van der Waals surface area contributed by atoms with Crippen molar-refractivity contribution in [2.24, 2.45) is 0 Å². The van der Waals surface area contributed by atoms with Crippen LogP contribution in [0.15, 0.2) is 194 Å². The molecule has 9 rings (SSSR count). The van der Waals surface area contributed by atoms with Crippen LogP contribution in [-0.4, -0.2) is 30.7 Å². The molecule has 294 valence electrons. The minimum atomic E-state index is -1.59. The molecule has 0 aliphatic heterocycles. The maximum atomic E-state index is 5.25. The van der Waals surface area contributed by atoms with Gasteiger partial charge in [-0.05, 0) is 69.5 Å². The van der Waals surface area contributed by atoms with E-state index in [1.807, 2.05) is 0 Å². The summed E-state index contributed by atoms with van der Waals surface area (Å²) in [5, 5.41) is 3.85. The van der Waals surface area contributed by atoms with Crippen LogP contribution in [0.1, 0.15) is 0 Å². The second kappa shape index (κ2) is 15.9. The van der Waals surface area contributed by atoms with Crippen LogP contribution >= 0.6 is 0 Å². The number of benzene rings is 6. The van der Waals surface area contributed by atoms with Crippen molar-refractivity contribution in [2.45, 2.75) is 39.3 Å². The minimum absolute atomic E-state index is 0.895. The summed E-state index contributed by atoms with van der Waals surface area (Å²) in [6.45, 7) is 14.2. The molecule has 6 heteroatoms. The van der Waals surface area contributed by atoms with Gasteiger partial charge in [0.1, 0.15) is 5.82 Å². The molecule has 3 heterocycles. The Morgan fingerprint density at radius 1 is 0.450 bits per heavy atom. The molecule has 60 heavy (non-hydrogen) atoms. The van der Waals surface area contributed by atoms with Crippen LogP contribution in [0.2, 0.25) is 39.3 Å². The number of pyridine rings is 2. The lowest BCUT2D eigenvalue weighted by Crippen LogP contribution is -2.37. The number of aromatic nitrogens is 3. The highest BCUT2D eigenvalue weighted by Gasteiger charge is 2.26. The van der Waals surface area contributed by atoms with Crippen LogP contribution in [0.4, 0.5) is 17.1 Å². The molecule has 0 spiro atoms. The number of fused-ring (bicyclic) bond motifs is 1. The van der Waals surface area contributed by atoms with Gasteiger partial charge in [0.05, 0.1) is 38.7 Å². The molecule has 0 saturated heterocycles. The Balaban J connectivity index is 1.32. The zero-order chi connectivity index (χ0) is 41.4. The largest absolute Gasteiger partial charge is 0.310 e. The summed E-state index contributed by atoms with van der Waals surface area (Å²) in [5.74, 6) is 0.895. The Morgan fingerprint density at radius 3 is 1.63 bits per heavy atom. The number of rotatable bonds is 10. The van der Waals surface area contributed by atoms with Gasteiger partial charge in [-0.2, -0.15) is 0 Å². The van der Waals surface area contributed by atoms with Gasteiger partial charge in [-0.3, -0.25) is 9.55 Å². The molecule has 0 amide bonds. The van der Waals surface area contributed by atoms with E-state index in [1.165, 1.54) is 15.9 Å². The summed E-state index contributed by atoms with van der Waals surface area (Å²) in [6.07, 6.45) is 4.18. The standard InChI is InChI=1S/C54H50N4Si2/c1-59(2,3)45-30-33-49(55-37-45)42-25-18-26-43(35-42)57(50-28-17-16-27-47(50)39-19-10-7-11-20-39)44-29-32-48-51(36-44)58(52-34-31-46(38-56-52)60(4,5)6)54(41-23-14-9-15-24-41)53(48)40-21-12-8-13-22-40/h7-38H,1-6H3. The average Bonchev–Trinajstić information content (AvgIpc) is 3.62. The Kier molecular flexibility index (Phi) is 10.3. The van der Waals surface area contributed by atoms with E-state index in [0.29, 0.717) is 0 Å². The molecule has 6 aromatic carbocycles.